The average molecular weight is 435 g/mol. The van der Waals surface area contributed by atoms with Crippen LogP contribution in [0.4, 0.5) is 0 Å². The first-order chi connectivity index (χ1) is 10.9. The van der Waals surface area contributed by atoms with Crippen molar-refractivity contribution in [1.82, 2.24) is 10.6 Å². The lowest BCUT2D eigenvalue weighted by Gasteiger charge is -2.12. The maximum Gasteiger partial charge on any atom is 0.191 e. The molecule has 1 rings (SSSR count). The average Bonchev–Trinajstić information content (AvgIpc) is 2.57. The molecule has 0 aliphatic carbocycles. The summed E-state index contributed by atoms with van der Waals surface area (Å²) in [5, 5.41) is 6.49. The molecule has 2 N–H and O–H groups in total. The van der Waals surface area contributed by atoms with Crippen LogP contribution in [-0.2, 0) is 4.74 Å². The second-order valence-corrected chi connectivity index (χ2v) is 4.91. The van der Waals surface area contributed by atoms with Gasteiger partial charge in [0.05, 0.1) is 6.54 Å². The number of ether oxygens (including phenoxy) is 2. The summed E-state index contributed by atoms with van der Waals surface area (Å²) >= 11 is 0. The molecule has 23 heavy (non-hydrogen) atoms. The monoisotopic (exact) mass is 435 g/mol. The Morgan fingerprint density at radius 3 is 2.39 bits per heavy atom. The van der Waals surface area contributed by atoms with Crippen LogP contribution < -0.4 is 15.4 Å². The van der Waals surface area contributed by atoms with Gasteiger partial charge in [-0.1, -0.05) is 31.5 Å². The molecule has 0 radical (unpaired) electrons. The number of aliphatic imine (C=N–C) groups is 1. The molecule has 0 aliphatic rings. The van der Waals surface area contributed by atoms with Gasteiger partial charge in [-0.15, -0.1) is 24.0 Å². The van der Waals surface area contributed by atoms with E-state index >= 15 is 0 Å². The van der Waals surface area contributed by atoms with Crippen LogP contribution in [0.3, 0.4) is 0 Å². The normalized spacial score (nSPS) is 10.8. The Morgan fingerprint density at radius 2 is 1.70 bits per heavy atom. The highest BCUT2D eigenvalue weighted by molar-refractivity contribution is 14.0. The molecule has 1 aromatic rings. The summed E-state index contributed by atoms with van der Waals surface area (Å²) in [6.07, 6.45) is 3.29. The van der Waals surface area contributed by atoms with Crippen molar-refractivity contribution in [3.05, 3.63) is 30.3 Å². The maximum atomic E-state index is 5.62. The molecule has 0 fully saturated rings. The van der Waals surface area contributed by atoms with Crippen molar-refractivity contribution in [2.75, 3.05) is 40.0 Å². The summed E-state index contributed by atoms with van der Waals surface area (Å²) in [6.45, 7) is 5.99. The van der Waals surface area contributed by atoms with Crippen molar-refractivity contribution in [1.29, 1.82) is 0 Å². The minimum atomic E-state index is 0. The third kappa shape index (κ3) is 12.1. The number of guanidine groups is 1. The lowest BCUT2D eigenvalue weighted by atomic mass is 10.3. The highest BCUT2D eigenvalue weighted by atomic mass is 127. The van der Waals surface area contributed by atoms with Crippen LogP contribution in [0.2, 0.25) is 0 Å². The molecule has 132 valence electrons. The molecular formula is C17H30IN3O2. The molecule has 0 spiro atoms. The first kappa shape index (κ1) is 22.0. The van der Waals surface area contributed by atoms with Gasteiger partial charge in [0, 0.05) is 26.8 Å². The van der Waals surface area contributed by atoms with Gasteiger partial charge in [-0.2, -0.15) is 0 Å². The van der Waals surface area contributed by atoms with Gasteiger partial charge >= 0.3 is 0 Å². The van der Waals surface area contributed by atoms with Crippen molar-refractivity contribution in [2.45, 2.75) is 26.2 Å². The third-order valence-electron chi connectivity index (χ3n) is 3.03. The fraction of sp³-hybridized carbons (Fsp3) is 0.588. The number of nitrogens with zero attached hydrogens (tertiary/aromatic N) is 1. The molecule has 0 aliphatic heterocycles. The zero-order valence-corrected chi connectivity index (χ0v) is 16.5. The van der Waals surface area contributed by atoms with Gasteiger partial charge in [-0.25, -0.2) is 0 Å². The Morgan fingerprint density at radius 1 is 1.00 bits per heavy atom. The minimum absolute atomic E-state index is 0. The van der Waals surface area contributed by atoms with Gasteiger partial charge in [0.2, 0.25) is 0 Å². The standard InChI is InChI=1S/C17H29N3O2.HI/c1-3-4-13-21-14-8-11-19-17(18-2)20-12-15-22-16-9-6-5-7-10-16;/h5-7,9-10H,3-4,8,11-15H2,1-2H3,(H2,18,19,20);1H. The second kappa shape index (κ2) is 15.9. The highest BCUT2D eigenvalue weighted by Gasteiger charge is 1.97. The third-order valence-corrected chi connectivity index (χ3v) is 3.03. The Bertz CT molecular complexity index is 402. The topological polar surface area (TPSA) is 54.9 Å². The zero-order valence-electron chi connectivity index (χ0n) is 14.2. The fourth-order valence-corrected chi connectivity index (χ4v) is 1.81. The number of hydrogen-bond donors (Lipinski definition) is 2. The Hall–Kier alpha value is -1.02. The van der Waals surface area contributed by atoms with Crippen molar-refractivity contribution in [2.24, 2.45) is 4.99 Å². The van der Waals surface area contributed by atoms with Gasteiger partial charge in [0.15, 0.2) is 5.96 Å². The Balaban J connectivity index is 0.00000484. The van der Waals surface area contributed by atoms with Crippen molar-refractivity contribution < 1.29 is 9.47 Å². The van der Waals surface area contributed by atoms with Crippen molar-refractivity contribution >= 4 is 29.9 Å². The van der Waals surface area contributed by atoms with Crippen LogP contribution >= 0.6 is 24.0 Å². The quantitative estimate of drug-likeness (QED) is 0.243. The van der Waals surface area contributed by atoms with Gasteiger partial charge < -0.3 is 20.1 Å². The molecule has 0 bridgehead atoms. The molecule has 6 heteroatoms. The molecule has 0 aromatic heterocycles. The number of benzene rings is 1. The van der Waals surface area contributed by atoms with Gasteiger partial charge in [0.1, 0.15) is 12.4 Å². The van der Waals surface area contributed by atoms with E-state index in [1.807, 2.05) is 30.3 Å². The Labute approximate surface area is 157 Å². The van der Waals surface area contributed by atoms with E-state index in [-0.39, 0.29) is 24.0 Å². The Kier molecular flexibility index (Phi) is 15.2. The number of hydrogen-bond acceptors (Lipinski definition) is 3. The van der Waals surface area contributed by atoms with E-state index in [1.54, 1.807) is 7.05 Å². The molecular weight excluding hydrogens is 405 g/mol. The fourth-order valence-electron chi connectivity index (χ4n) is 1.81. The predicted octanol–water partition coefficient (Wildman–Crippen LogP) is 3.06. The number of nitrogens with one attached hydrogen (secondary N) is 2. The van der Waals surface area contributed by atoms with Crippen LogP contribution in [0.1, 0.15) is 26.2 Å². The summed E-state index contributed by atoms with van der Waals surface area (Å²) in [4.78, 5) is 4.18. The van der Waals surface area contributed by atoms with Gasteiger partial charge in [-0.05, 0) is 25.0 Å². The van der Waals surface area contributed by atoms with E-state index in [9.17, 15) is 0 Å². The first-order valence-electron chi connectivity index (χ1n) is 8.07. The predicted molar refractivity (Wildman–Crippen MR) is 107 cm³/mol. The molecule has 0 amide bonds. The largest absolute Gasteiger partial charge is 0.492 e. The lowest BCUT2D eigenvalue weighted by molar-refractivity contribution is 0.129. The second-order valence-electron chi connectivity index (χ2n) is 4.91. The lowest BCUT2D eigenvalue weighted by Crippen LogP contribution is -2.39. The highest BCUT2D eigenvalue weighted by Crippen LogP contribution is 2.07. The number of para-hydroxylation sites is 1. The molecule has 1 aromatic carbocycles. The number of rotatable bonds is 11. The summed E-state index contributed by atoms with van der Waals surface area (Å²) in [6, 6.07) is 9.80. The van der Waals surface area contributed by atoms with Gasteiger partial charge in [-0.3, -0.25) is 4.99 Å². The van der Waals surface area contributed by atoms with Crippen LogP contribution in [0.15, 0.2) is 35.3 Å². The summed E-state index contributed by atoms with van der Waals surface area (Å²) in [5.41, 5.74) is 0. The van der Waals surface area contributed by atoms with Crippen LogP contribution in [-0.4, -0.2) is 45.9 Å². The van der Waals surface area contributed by atoms with Crippen molar-refractivity contribution in [3.8, 4) is 5.75 Å². The molecule has 0 saturated heterocycles. The van der Waals surface area contributed by atoms with E-state index in [4.69, 9.17) is 9.47 Å². The summed E-state index contributed by atoms with van der Waals surface area (Å²) < 4.78 is 11.1. The van der Waals surface area contributed by atoms with Gasteiger partial charge in [0.25, 0.3) is 0 Å². The molecule has 0 atom stereocenters. The van der Waals surface area contributed by atoms with E-state index in [0.717, 1.165) is 44.3 Å². The molecule has 0 unspecified atom stereocenters. The summed E-state index contributed by atoms with van der Waals surface area (Å²) in [5.74, 6) is 1.68. The first-order valence-corrected chi connectivity index (χ1v) is 8.07. The van der Waals surface area contributed by atoms with Crippen LogP contribution in [0.5, 0.6) is 5.75 Å². The van der Waals surface area contributed by atoms with E-state index in [0.29, 0.717) is 13.2 Å². The van der Waals surface area contributed by atoms with E-state index in [1.165, 1.54) is 6.42 Å². The van der Waals surface area contributed by atoms with Crippen molar-refractivity contribution in [3.63, 3.8) is 0 Å². The smallest absolute Gasteiger partial charge is 0.191 e. The SMILES string of the molecule is CCCCOCCCNC(=NC)NCCOc1ccccc1.I. The molecule has 5 nitrogen and oxygen atoms in total. The van der Waals surface area contributed by atoms with E-state index < -0.39 is 0 Å². The molecule has 0 heterocycles. The minimum Gasteiger partial charge on any atom is -0.492 e. The molecule has 0 saturated carbocycles. The van der Waals surface area contributed by atoms with Crippen LogP contribution in [0, 0.1) is 0 Å². The number of halogens is 1. The zero-order chi connectivity index (χ0) is 15.9. The van der Waals surface area contributed by atoms with E-state index in [2.05, 4.69) is 22.5 Å². The number of unbranched alkanes of at least 4 members (excludes halogenated alkanes) is 1. The van der Waals surface area contributed by atoms with Crippen LogP contribution in [0.25, 0.3) is 0 Å². The maximum absolute atomic E-state index is 5.62. The summed E-state index contributed by atoms with van der Waals surface area (Å²) in [7, 11) is 1.77.